The Hall–Kier alpha value is -2.87. The number of piperidine rings is 1. The van der Waals surface area contributed by atoms with Crippen LogP contribution in [0, 0.1) is 18.8 Å². The minimum atomic E-state index is -0.313. The molecule has 8 heteroatoms. The van der Waals surface area contributed by atoms with Crippen molar-refractivity contribution in [2.75, 3.05) is 37.7 Å². The van der Waals surface area contributed by atoms with Crippen molar-refractivity contribution in [3.63, 3.8) is 0 Å². The van der Waals surface area contributed by atoms with Crippen LogP contribution in [0.3, 0.4) is 0 Å². The fraction of sp³-hybridized carbons (Fsp3) is 0.577. The van der Waals surface area contributed by atoms with Crippen LogP contribution in [0.4, 0.5) is 5.69 Å². The van der Waals surface area contributed by atoms with E-state index in [1.807, 2.05) is 62.9 Å². The van der Waals surface area contributed by atoms with E-state index in [0.717, 1.165) is 12.1 Å². The van der Waals surface area contributed by atoms with Crippen molar-refractivity contribution in [2.24, 2.45) is 11.8 Å². The zero-order valence-electron chi connectivity index (χ0n) is 20.9. The molecule has 3 rings (SSSR count). The van der Waals surface area contributed by atoms with Crippen LogP contribution in [0.25, 0.3) is 5.69 Å². The molecule has 0 radical (unpaired) electrons. The maximum absolute atomic E-state index is 13.5. The molecule has 1 saturated heterocycles. The molecule has 1 amide bonds. The van der Waals surface area contributed by atoms with Crippen molar-refractivity contribution < 1.29 is 9.53 Å². The third-order valence-electron chi connectivity index (χ3n) is 6.26. The highest BCUT2D eigenvalue weighted by Gasteiger charge is 2.29. The van der Waals surface area contributed by atoms with Crippen molar-refractivity contribution in [2.45, 2.75) is 53.5 Å². The van der Waals surface area contributed by atoms with Gasteiger partial charge in [0.25, 0.3) is 5.56 Å². The summed E-state index contributed by atoms with van der Waals surface area (Å²) in [5.41, 5.74) is 1.37. The molecule has 1 aliphatic heterocycles. The van der Waals surface area contributed by atoms with Crippen molar-refractivity contribution in [1.29, 1.82) is 0 Å². The number of para-hydroxylation sites is 1. The highest BCUT2D eigenvalue weighted by molar-refractivity contribution is 5.79. The summed E-state index contributed by atoms with van der Waals surface area (Å²) in [6.07, 6.45) is 2.14. The van der Waals surface area contributed by atoms with E-state index in [1.165, 1.54) is 4.57 Å². The van der Waals surface area contributed by atoms with Crippen molar-refractivity contribution in [3.05, 3.63) is 56.9 Å². The average molecular weight is 471 g/mol. The lowest BCUT2D eigenvalue weighted by Gasteiger charge is -2.34. The molecule has 1 N–H and O–H groups in total. The lowest BCUT2D eigenvalue weighted by molar-refractivity contribution is -0.125. The zero-order chi connectivity index (χ0) is 24.7. The molecule has 0 saturated carbocycles. The normalized spacial score (nSPS) is 14.6. The molecule has 0 unspecified atom stereocenters. The maximum Gasteiger partial charge on any atom is 0.335 e. The van der Waals surface area contributed by atoms with E-state index >= 15 is 0 Å². The summed E-state index contributed by atoms with van der Waals surface area (Å²) in [4.78, 5) is 41.5. The van der Waals surface area contributed by atoms with Gasteiger partial charge in [-0.1, -0.05) is 32.0 Å². The summed E-state index contributed by atoms with van der Waals surface area (Å²) in [6, 6.07) is 9.44. The molecule has 2 aromatic rings. The number of carbonyl (C=O) groups is 1. The molecule has 0 atom stereocenters. The molecular weight excluding hydrogens is 432 g/mol. The topological polar surface area (TPSA) is 85.6 Å². The van der Waals surface area contributed by atoms with Crippen LogP contribution in [0.1, 0.15) is 45.7 Å². The van der Waals surface area contributed by atoms with Crippen molar-refractivity contribution in [1.82, 2.24) is 14.5 Å². The van der Waals surface area contributed by atoms with E-state index < -0.39 is 0 Å². The molecule has 186 valence electrons. The van der Waals surface area contributed by atoms with Crippen LogP contribution < -0.4 is 21.5 Å². The van der Waals surface area contributed by atoms with Crippen molar-refractivity contribution in [3.8, 4) is 5.69 Å². The first-order chi connectivity index (χ1) is 16.3. The summed E-state index contributed by atoms with van der Waals surface area (Å²) in [5.74, 6) is 0.156. The Kier molecular flexibility index (Phi) is 9.10. The number of ether oxygens (including phenoxy) is 1. The number of anilines is 1. The largest absolute Gasteiger partial charge is 0.382 e. The molecule has 1 aromatic heterocycles. The quantitative estimate of drug-likeness (QED) is 0.540. The minimum Gasteiger partial charge on any atom is -0.382 e. The third-order valence-corrected chi connectivity index (χ3v) is 6.26. The van der Waals surface area contributed by atoms with Gasteiger partial charge < -0.3 is 15.0 Å². The van der Waals surface area contributed by atoms with E-state index in [0.29, 0.717) is 63.6 Å². The smallest absolute Gasteiger partial charge is 0.335 e. The van der Waals surface area contributed by atoms with Gasteiger partial charge in [-0.15, -0.1) is 0 Å². The van der Waals surface area contributed by atoms with E-state index in [1.54, 1.807) is 4.57 Å². The fourth-order valence-corrected chi connectivity index (χ4v) is 4.55. The van der Waals surface area contributed by atoms with Gasteiger partial charge in [-0.3, -0.25) is 18.7 Å². The van der Waals surface area contributed by atoms with Crippen LogP contribution in [-0.4, -0.2) is 47.9 Å². The zero-order valence-corrected chi connectivity index (χ0v) is 20.9. The van der Waals surface area contributed by atoms with E-state index in [2.05, 4.69) is 5.32 Å². The Morgan fingerprint density at radius 1 is 1.15 bits per heavy atom. The number of carbonyl (C=O) groups excluding carboxylic acids is 1. The SMILES string of the molecule is CCOCCCNC(=O)C1CCN(c2c(C)n(-c3ccccc3)c(=O)n(CC(C)C)c2=O)CC1. The van der Waals surface area contributed by atoms with Crippen LogP contribution >= 0.6 is 0 Å². The summed E-state index contributed by atoms with van der Waals surface area (Å²) >= 11 is 0. The number of aromatic nitrogens is 2. The molecule has 8 nitrogen and oxygen atoms in total. The second-order valence-corrected chi connectivity index (χ2v) is 9.30. The Morgan fingerprint density at radius 3 is 2.44 bits per heavy atom. The number of benzene rings is 1. The first-order valence-corrected chi connectivity index (χ1v) is 12.4. The molecule has 1 fully saturated rings. The summed E-state index contributed by atoms with van der Waals surface area (Å²) in [5, 5.41) is 3.01. The maximum atomic E-state index is 13.5. The Labute approximate surface area is 201 Å². The van der Waals surface area contributed by atoms with Gasteiger partial charge in [0.1, 0.15) is 5.69 Å². The molecule has 1 aromatic carbocycles. The molecular formula is C26H38N4O4. The van der Waals surface area contributed by atoms with E-state index in [4.69, 9.17) is 4.74 Å². The number of nitrogens with zero attached hydrogens (tertiary/aromatic N) is 3. The standard InChI is InChI=1S/C26H38N4O4/c1-5-34-17-9-14-27-24(31)21-12-15-28(16-13-21)23-20(4)30(22-10-7-6-8-11-22)26(33)29(25(23)32)18-19(2)3/h6-8,10-11,19,21H,5,9,12-18H2,1-4H3,(H,27,31). The van der Waals surface area contributed by atoms with Gasteiger partial charge in [-0.2, -0.15) is 0 Å². The number of amides is 1. The summed E-state index contributed by atoms with van der Waals surface area (Å²) in [6.45, 7) is 11.3. The van der Waals surface area contributed by atoms with Crippen LogP contribution in [0.5, 0.6) is 0 Å². The van der Waals surface area contributed by atoms with E-state index in [-0.39, 0.29) is 29.0 Å². The predicted molar refractivity (Wildman–Crippen MR) is 135 cm³/mol. The second kappa shape index (κ2) is 12.0. The number of hydrogen-bond donors (Lipinski definition) is 1. The van der Waals surface area contributed by atoms with Gasteiger partial charge >= 0.3 is 5.69 Å². The lowest BCUT2D eigenvalue weighted by Crippen LogP contribution is -2.48. The molecule has 34 heavy (non-hydrogen) atoms. The highest BCUT2D eigenvalue weighted by atomic mass is 16.5. The monoisotopic (exact) mass is 470 g/mol. The predicted octanol–water partition coefficient (Wildman–Crippen LogP) is 2.72. The van der Waals surface area contributed by atoms with Gasteiger partial charge in [0, 0.05) is 45.3 Å². The van der Waals surface area contributed by atoms with E-state index in [9.17, 15) is 14.4 Å². The minimum absolute atomic E-state index is 0.0680. The Morgan fingerprint density at radius 2 is 1.82 bits per heavy atom. The van der Waals surface area contributed by atoms with Crippen LogP contribution in [-0.2, 0) is 16.1 Å². The highest BCUT2D eigenvalue weighted by Crippen LogP contribution is 2.24. The van der Waals surface area contributed by atoms with Gasteiger partial charge in [0.15, 0.2) is 0 Å². The number of rotatable bonds is 10. The average Bonchev–Trinajstić information content (AvgIpc) is 2.82. The first-order valence-electron chi connectivity index (χ1n) is 12.4. The molecule has 0 spiro atoms. The van der Waals surface area contributed by atoms with Gasteiger partial charge in [0.05, 0.1) is 11.4 Å². The molecule has 1 aliphatic rings. The van der Waals surface area contributed by atoms with Gasteiger partial charge in [-0.05, 0) is 51.2 Å². The summed E-state index contributed by atoms with van der Waals surface area (Å²) < 4.78 is 8.31. The molecule has 0 aliphatic carbocycles. The number of hydrogen-bond acceptors (Lipinski definition) is 5. The fourth-order valence-electron chi connectivity index (χ4n) is 4.55. The second-order valence-electron chi connectivity index (χ2n) is 9.30. The van der Waals surface area contributed by atoms with Gasteiger partial charge in [0.2, 0.25) is 5.91 Å². The molecule has 2 heterocycles. The third kappa shape index (κ3) is 5.97. The van der Waals surface area contributed by atoms with Gasteiger partial charge in [-0.25, -0.2) is 4.79 Å². The number of nitrogens with one attached hydrogen (secondary N) is 1. The van der Waals surface area contributed by atoms with Crippen molar-refractivity contribution >= 4 is 11.6 Å². The Balaban J connectivity index is 1.83. The summed E-state index contributed by atoms with van der Waals surface area (Å²) in [7, 11) is 0. The lowest BCUT2D eigenvalue weighted by atomic mass is 9.95. The van der Waals surface area contributed by atoms with Crippen LogP contribution in [0.2, 0.25) is 0 Å². The molecule has 0 bridgehead atoms. The first kappa shape index (κ1) is 25.7. The van der Waals surface area contributed by atoms with Crippen LogP contribution in [0.15, 0.2) is 39.9 Å². The Bertz CT molecular complexity index is 1070.